The lowest BCUT2D eigenvalue weighted by Gasteiger charge is -2.26. The molecule has 2 aliphatic rings. The van der Waals surface area contributed by atoms with Crippen molar-refractivity contribution in [1.29, 1.82) is 0 Å². The standard InChI is InChI=1S/C15H27N3O2.ClH/c1-11(9-16)14(19)17-13-7-8-18(10-13)15(20)12-5-3-2-4-6-12;/h11-13H,2-10,16H2,1H3,(H,17,19);1H. The maximum absolute atomic E-state index is 12.4. The van der Waals surface area contributed by atoms with E-state index >= 15 is 0 Å². The van der Waals surface area contributed by atoms with E-state index < -0.39 is 0 Å². The third kappa shape index (κ3) is 4.85. The Bertz CT molecular complexity index is 359. The summed E-state index contributed by atoms with van der Waals surface area (Å²) in [6.45, 7) is 3.63. The molecule has 21 heavy (non-hydrogen) atoms. The monoisotopic (exact) mass is 317 g/mol. The van der Waals surface area contributed by atoms with Crippen molar-refractivity contribution in [3.63, 3.8) is 0 Å². The van der Waals surface area contributed by atoms with Crippen LogP contribution < -0.4 is 11.1 Å². The number of likely N-dealkylation sites (tertiary alicyclic amines) is 1. The van der Waals surface area contributed by atoms with Crippen molar-refractivity contribution in [2.24, 2.45) is 17.6 Å². The van der Waals surface area contributed by atoms with Crippen LogP contribution in [0.4, 0.5) is 0 Å². The summed E-state index contributed by atoms with van der Waals surface area (Å²) in [5.41, 5.74) is 5.49. The van der Waals surface area contributed by atoms with Gasteiger partial charge >= 0.3 is 0 Å². The van der Waals surface area contributed by atoms with E-state index in [2.05, 4.69) is 5.32 Å². The smallest absolute Gasteiger partial charge is 0.225 e. The average molecular weight is 318 g/mol. The van der Waals surface area contributed by atoms with Crippen LogP contribution in [-0.2, 0) is 9.59 Å². The summed E-state index contributed by atoms with van der Waals surface area (Å²) in [5, 5.41) is 3.00. The molecule has 1 aliphatic carbocycles. The molecular formula is C15H28ClN3O2. The fourth-order valence-corrected chi connectivity index (χ4v) is 3.14. The largest absolute Gasteiger partial charge is 0.351 e. The average Bonchev–Trinajstić information content (AvgIpc) is 2.94. The van der Waals surface area contributed by atoms with Crippen LogP contribution in [0.25, 0.3) is 0 Å². The summed E-state index contributed by atoms with van der Waals surface area (Å²) >= 11 is 0. The van der Waals surface area contributed by atoms with Gasteiger partial charge in [0.25, 0.3) is 0 Å². The number of rotatable bonds is 4. The molecule has 3 N–H and O–H groups in total. The fourth-order valence-electron chi connectivity index (χ4n) is 3.14. The molecule has 5 nitrogen and oxygen atoms in total. The Labute approximate surface area is 133 Å². The lowest BCUT2D eigenvalue weighted by atomic mass is 9.88. The number of halogens is 1. The van der Waals surface area contributed by atoms with Crippen LogP contribution in [0.3, 0.4) is 0 Å². The lowest BCUT2D eigenvalue weighted by molar-refractivity contribution is -0.135. The molecule has 6 heteroatoms. The maximum Gasteiger partial charge on any atom is 0.225 e. The van der Waals surface area contributed by atoms with Gasteiger partial charge < -0.3 is 16.0 Å². The highest BCUT2D eigenvalue weighted by Gasteiger charge is 2.32. The molecule has 0 radical (unpaired) electrons. The first-order chi connectivity index (χ1) is 9.61. The molecule has 0 aromatic heterocycles. The molecule has 1 aliphatic heterocycles. The van der Waals surface area contributed by atoms with Gasteiger partial charge in [0.05, 0.1) is 0 Å². The topological polar surface area (TPSA) is 75.4 Å². The Kier molecular flexibility index (Phi) is 7.46. The van der Waals surface area contributed by atoms with Crippen LogP contribution in [0.5, 0.6) is 0 Å². The zero-order valence-electron chi connectivity index (χ0n) is 12.8. The maximum atomic E-state index is 12.4. The number of hydrogen-bond acceptors (Lipinski definition) is 3. The van der Waals surface area contributed by atoms with Crippen LogP contribution in [0.1, 0.15) is 45.4 Å². The summed E-state index contributed by atoms with van der Waals surface area (Å²) in [4.78, 5) is 26.2. The van der Waals surface area contributed by atoms with Crippen LogP contribution in [0, 0.1) is 11.8 Å². The van der Waals surface area contributed by atoms with Gasteiger partial charge in [-0.25, -0.2) is 0 Å². The Morgan fingerprint density at radius 1 is 1.24 bits per heavy atom. The third-order valence-electron chi connectivity index (χ3n) is 4.60. The summed E-state index contributed by atoms with van der Waals surface area (Å²) in [6, 6.07) is 0.101. The summed E-state index contributed by atoms with van der Waals surface area (Å²) < 4.78 is 0. The number of amides is 2. The van der Waals surface area contributed by atoms with E-state index in [1.54, 1.807) is 0 Å². The van der Waals surface area contributed by atoms with Gasteiger partial charge in [0.2, 0.25) is 11.8 Å². The Morgan fingerprint density at radius 2 is 1.90 bits per heavy atom. The van der Waals surface area contributed by atoms with Gasteiger partial charge in [0, 0.05) is 37.5 Å². The predicted octanol–water partition coefficient (Wildman–Crippen LogP) is 1.30. The van der Waals surface area contributed by atoms with Crippen molar-refractivity contribution >= 4 is 24.2 Å². The number of hydrogen-bond donors (Lipinski definition) is 2. The molecule has 122 valence electrons. The van der Waals surface area contributed by atoms with Crippen molar-refractivity contribution in [2.75, 3.05) is 19.6 Å². The minimum absolute atomic E-state index is 0. The predicted molar refractivity (Wildman–Crippen MR) is 85.2 cm³/mol. The number of nitrogens with one attached hydrogen (secondary N) is 1. The van der Waals surface area contributed by atoms with Gasteiger partial charge in [-0.15, -0.1) is 12.4 Å². The second kappa shape index (κ2) is 8.59. The van der Waals surface area contributed by atoms with E-state index in [1.807, 2.05) is 11.8 Å². The molecule has 2 atom stereocenters. The van der Waals surface area contributed by atoms with E-state index in [1.165, 1.54) is 19.3 Å². The first kappa shape index (κ1) is 18.2. The molecule has 2 unspecified atom stereocenters. The third-order valence-corrected chi connectivity index (χ3v) is 4.60. The summed E-state index contributed by atoms with van der Waals surface area (Å²) in [5.74, 6) is 0.372. The second-order valence-electron chi connectivity index (χ2n) is 6.25. The van der Waals surface area contributed by atoms with Crippen molar-refractivity contribution in [1.82, 2.24) is 10.2 Å². The first-order valence-corrected chi connectivity index (χ1v) is 7.91. The molecule has 2 rings (SSSR count). The van der Waals surface area contributed by atoms with E-state index in [9.17, 15) is 9.59 Å². The van der Waals surface area contributed by atoms with Crippen LogP contribution >= 0.6 is 12.4 Å². The van der Waals surface area contributed by atoms with Gasteiger partial charge in [-0.3, -0.25) is 9.59 Å². The number of carbonyl (C=O) groups is 2. The molecule has 0 aromatic rings. The zero-order chi connectivity index (χ0) is 14.5. The van der Waals surface area contributed by atoms with Crippen LogP contribution in [0.2, 0.25) is 0 Å². The van der Waals surface area contributed by atoms with E-state index in [0.29, 0.717) is 19.0 Å². The highest BCUT2D eigenvalue weighted by molar-refractivity contribution is 5.85. The Morgan fingerprint density at radius 3 is 2.52 bits per heavy atom. The first-order valence-electron chi connectivity index (χ1n) is 7.91. The van der Waals surface area contributed by atoms with Crippen molar-refractivity contribution < 1.29 is 9.59 Å². The Hall–Kier alpha value is -0.810. The van der Waals surface area contributed by atoms with Crippen molar-refractivity contribution in [2.45, 2.75) is 51.5 Å². The van der Waals surface area contributed by atoms with E-state index in [4.69, 9.17) is 5.73 Å². The molecular weight excluding hydrogens is 290 g/mol. The quantitative estimate of drug-likeness (QED) is 0.820. The summed E-state index contributed by atoms with van der Waals surface area (Å²) in [6.07, 6.45) is 6.56. The minimum atomic E-state index is -0.155. The van der Waals surface area contributed by atoms with Crippen LogP contribution in [-0.4, -0.2) is 42.4 Å². The highest BCUT2D eigenvalue weighted by Crippen LogP contribution is 2.26. The molecule has 0 bridgehead atoms. The number of carbonyl (C=O) groups excluding carboxylic acids is 2. The molecule has 2 amide bonds. The van der Waals surface area contributed by atoms with Crippen molar-refractivity contribution in [3.05, 3.63) is 0 Å². The van der Waals surface area contributed by atoms with Crippen LogP contribution in [0.15, 0.2) is 0 Å². The summed E-state index contributed by atoms with van der Waals surface area (Å²) in [7, 11) is 0. The zero-order valence-corrected chi connectivity index (χ0v) is 13.7. The number of nitrogens with zero attached hydrogens (tertiary/aromatic N) is 1. The number of nitrogens with two attached hydrogens (primary N) is 1. The molecule has 1 saturated carbocycles. The van der Waals surface area contributed by atoms with Gasteiger partial charge in [0.15, 0.2) is 0 Å². The van der Waals surface area contributed by atoms with Gasteiger partial charge in [0.1, 0.15) is 0 Å². The molecule has 2 fully saturated rings. The second-order valence-corrected chi connectivity index (χ2v) is 6.25. The van der Waals surface area contributed by atoms with Crippen molar-refractivity contribution in [3.8, 4) is 0 Å². The Balaban J connectivity index is 0.00000220. The molecule has 0 spiro atoms. The SMILES string of the molecule is CC(CN)C(=O)NC1CCN(C(=O)C2CCCCC2)C1.Cl. The van der Waals surface area contributed by atoms with Gasteiger partial charge in [-0.1, -0.05) is 26.2 Å². The van der Waals surface area contributed by atoms with Gasteiger partial charge in [-0.2, -0.15) is 0 Å². The molecule has 1 heterocycles. The van der Waals surface area contributed by atoms with E-state index in [-0.39, 0.29) is 36.2 Å². The van der Waals surface area contributed by atoms with E-state index in [0.717, 1.165) is 25.8 Å². The highest BCUT2D eigenvalue weighted by atomic mass is 35.5. The molecule has 1 saturated heterocycles. The fraction of sp³-hybridized carbons (Fsp3) is 0.867. The minimum Gasteiger partial charge on any atom is -0.351 e. The lowest BCUT2D eigenvalue weighted by Crippen LogP contribution is -2.43. The normalized spacial score (nSPS) is 24.3. The van der Waals surface area contributed by atoms with Gasteiger partial charge in [-0.05, 0) is 19.3 Å². The molecule has 0 aromatic carbocycles.